The molecule has 0 saturated carbocycles. The predicted octanol–water partition coefficient (Wildman–Crippen LogP) is 5.01. The molecule has 0 bridgehead atoms. The second-order valence-corrected chi connectivity index (χ2v) is 4.82. The van der Waals surface area contributed by atoms with Crippen molar-refractivity contribution in [2.24, 2.45) is 0 Å². The maximum Gasteiger partial charge on any atom is 0.151 e. The van der Waals surface area contributed by atoms with Gasteiger partial charge < -0.3 is 10.5 Å². The van der Waals surface area contributed by atoms with Gasteiger partial charge in [-0.3, -0.25) is 0 Å². The van der Waals surface area contributed by atoms with Crippen molar-refractivity contribution in [3.63, 3.8) is 0 Å². The number of hydrogen-bond acceptors (Lipinski definition) is 2. The van der Waals surface area contributed by atoms with Crippen molar-refractivity contribution in [1.82, 2.24) is 0 Å². The van der Waals surface area contributed by atoms with E-state index in [0.717, 1.165) is 16.8 Å². The molecule has 100 valence electrons. The molecule has 0 saturated heterocycles. The third-order valence-electron chi connectivity index (χ3n) is 3.00. The normalized spacial score (nSPS) is 10.7. The summed E-state index contributed by atoms with van der Waals surface area (Å²) in [5.74, 6) is 0.403. The average molecular weight is 288 g/mol. The van der Waals surface area contributed by atoms with Crippen LogP contribution in [-0.2, 0) is 0 Å². The second kappa shape index (κ2) is 5.02. The summed E-state index contributed by atoms with van der Waals surface area (Å²) >= 11 is 5.74. The van der Waals surface area contributed by atoms with E-state index in [2.05, 4.69) is 0 Å². The van der Waals surface area contributed by atoms with Gasteiger partial charge in [-0.2, -0.15) is 0 Å². The van der Waals surface area contributed by atoms with Gasteiger partial charge in [0.05, 0.1) is 10.7 Å². The van der Waals surface area contributed by atoms with Gasteiger partial charge in [0.25, 0.3) is 0 Å². The second-order valence-electron chi connectivity index (χ2n) is 4.42. The van der Waals surface area contributed by atoms with E-state index in [1.807, 2.05) is 42.5 Å². The van der Waals surface area contributed by atoms with Crippen LogP contribution in [0.5, 0.6) is 11.5 Å². The van der Waals surface area contributed by atoms with Crippen LogP contribution in [0, 0.1) is 5.82 Å². The summed E-state index contributed by atoms with van der Waals surface area (Å²) < 4.78 is 18.9. The molecule has 0 aliphatic carbocycles. The Hall–Kier alpha value is -2.26. The zero-order chi connectivity index (χ0) is 14.1. The maximum absolute atomic E-state index is 13.2. The molecule has 4 heteroatoms. The van der Waals surface area contributed by atoms with Gasteiger partial charge in [0.2, 0.25) is 0 Å². The summed E-state index contributed by atoms with van der Waals surface area (Å²) in [4.78, 5) is 0. The molecule has 0 aliphatic heterocycles. The van der Waals surface area contributed by atoms with Crippen molar-refractivity contribution in [3.05, 3.63) is 65.4 Å². The molecule has 0 fully saturated rings. The zero-order valence-corrected chi connectivity index (χ0v) is 11.2. The molecule has 0 atom stereocenters. The quantitative estimate of drug-likeness (QED) is 0.673. The van der Waals surface area contributed by atoms with Crippen LogP contribution in [0.2, 0.25) is 5.02 Å². The Balaban J connectivity index is 1.99. The lowest BCUT2D eigenvalue weighted by atomic mass is 10.1. The number of ether oxygens (including phenoxy) is 1. The third kappa shape index (κ3) is 2.40. The highest BCUT2D eigenvalue weighted by Crippen LogP contribution is 2.33. The summed E-state index contributed by atoms with van der Waals surface area (Å²) in [5.41, 5.74) is 5.94. The molecule has 2 N–H and O–H groups in total. The van der Waals surface area contributed by atoms with Crippen LogP contribution >= 0.6 is 11.6 Å². The molecular formula is C16H11ClFNO. The molecule has 0 radical (unpaired) electrons. The van der Waals surface area contributed by atoms with Crippen LogP contribution in [-0.4, -0.2) is 0 Å². The van der Waals surface area contributed by atoms with Crippen molar-refractivity contribution in [2.45, 2.75) is 0 Å². The van der Waals surface area contributed by atoms with Gasteiger partial charge in [0.1, 0.15) is 11.6 Å². The van der Waals surface area contributed by atoms with Crippen molar-refractivity contribution in [3.8, 4) is 11.5 Å². The molecule has 0 spiro atoms. The Kier molecular flexibility index (Phi) is 3.20. The highest BCUT2D eigenvalue weighted by Gasteiger charge is 2.08. The fourth-order valence-electron chi connectivity index (χ4n) is 1.99. The van der Waals surface area contributed by atoms with Crippen molar-refractivity contribution in [2.75, 3.05) is 5.73 Å². The first-order chi connectivity index (χ1) is 9.63. The summed E-state index contributed by atoms with van der Waals surface area (Å²) in [6.45, 7) is 0. The van der Waals surface area contributed by atoms with Gasteiger partial charge in [-0.15, -0.1) is 0 Å². The molecule has 3 aromatic rings. The summed E-state index contributed by atoms with van der Waals surface area (Å²) in [6, 6.07) is 16.1. The minimum absolute atomic E-state index is 0.0185. The van der Waals surface area contributed by atoms with Crippen molar-refractivity contribution >= 4 is 28.1 Å². The lowest BCUT2D eigenvalue weighted by molar-refractivity contribution is 0.484. The van der Waals surface area contributed by atoms with Gasteiger partial charge >= 0.3 is 0 Å². The minimum atomic E-state index is -0.560. The number of nitrogens with two attached hydrogens (primary N) is 1. The fourth-order valence-corrected chi connectivity index (χ4v) is 2.14. The van der Waals surface area contributed by atoms with E-state index in [4.69, 9.17) is 22.1 Å². The highest BCUT2D eigenvalue weighted by molar-refractivity contribution is 6.31. The van der Waals surface area contributed by atoms with E-state index in [1.54, 1.807) is 0 Å². The Morgan fingerprint density at radius 2 is 1.70 bits per heavy atom. The first-order valence-corrected chi connectivity index (χ1v) is 6.42. The van der Waals surface area contributed by atoms with E-state index in [0.29, 0.717) is 11.5 Å². The smallest absolute Gasteiger partial charge is 0.151 e. The fraction of sp³-hybridized carbons (Fsp3) is 0. The lowest BCUT2D eigenvalue weighted by Gasteiger charge is -2.10. The zero-order valence-electron chi connectivity index (χ0n) is 10.4. The summed E-state index contributed by atoms with van der Waals surface area (Å²) in [5, 5.41) is 2.15. The van der Waals surface area contributed by atoms with Gasteiger partial charge in [-0.1, -0.05) is 41.9 Å². The Morgan fingerprint density at radius 3 is 2.50 bits per heavy atom. The minimum Gasteiger partial charge on any atom is -0.455 e. The molecule has 0 amide bonds. The van der Waals surface area contributed by atoms with Crippen LogP contribution < -0.4 is 10.5 Å². The first kappa shape index (κ1) is 12.8. The number of halogens is 2. The molecule has 3 aromatic carbocycles. The summed E-state index contributed by atoms with van der Waals surface area (Å²) in [7, 11) is 0. The van der Waals surface area contributed by atoms with E-state index in [9.17, 15) is 4.39 Å². The highest BCUT2D eigenvalue weighted by atomic mass is 35.5. The molecule has 2 nitrogen and oxygen atoms in total. The number of rotatable bonds is 2. The van der Waals surface area contributed by atoms with E-state index in [1.165, 1.54) is 6.07 Å². The lowest BCUT2D eigenvalue weighted by Crippen LogP contribution is -1.94. The van der Waals surface area contributed by atoms with Crippen LogP contribution in [0.4, 0.5) is 10.1 Å². The van der Waals surface area contributed by atoms with E-state index in [-0.39, 0.29) is 10.7 Å². The monoisotopic (exact) mass is 287 g/mol. The van der Waals surface area contributed by atoms with Gasteiger partial charge in [0, 0.05) is 12.1 Å². The maximum atomic E-state index is 13.2. The molecule has 0 aliphatic rings. The van der Waals surface area contributed by atoms with Gasteiger partial charge in [-0.25, -0.2) is 4.39 Å². The largest absolute Gasteiger partial charge is 0.455 e. The molecule has 0 unspecified atom stereocenters. The molecule has 3 rings (SSSR count). The Bertz CT molecular complexity index is 789. The third-order valence-corrected chi connectivity index (χ3v) is 3.29. The predicted molar refractivity (Wildman–Crippen MR) is 79.8 cm³/mol. The number of hydrogen-bond donors (Lipinski definition) is 1. The van der Waals surface area contributed by atoms with Gasteiger partial charge in [0.15, 0.2) is 5.75 Å². The van der Waals surface area contributed by atoms with Crippen LogP contribution in [0.25, 0.3) is 10.8 Å². The number of benzene rings is 3. The standard InChI is InChI=1S/C16H11ClFNO/c17-13-8-16(15(19)9-14(13)18)20-12-6-5-10-3-1-2-4-11(10)7-12/h1-9H,19H2. The molecule has 0 aromatic heterocycles. The van der Waals surface area contributed by atoms with Crippen molar-refractivity contribution < 1.29 is 9.13 Å². The van der Waals surface area contributed by atoms with Crippen LogP contribution in [0.15, 0.2) is 54.6 Å². The SMILES string of the molecule is Nc1cc(F)c(Cl)cc1Oc1ccc2ccccc2c1. The first-order valence-electron chi connectivity index (χ1n) is 6.04. The number of anilines is 1. The van der Waals surface area contributed by atoms with E-state index < -0.39 is 5.82 Å². The molecule has 20 heavy (non-hydrogen) atoms. The molecular weight excluding hydrogens is 277 g/mol. The summed E-state index contributed by atoms with van der Waals surface area (Å²) in [6.07, 6.45) is 0. The van der Waals surface area contributed by atoms with Crippen LogP contribution in [0.1, 0.15) is 0 Å². The Labute approximate surface area is 120 Å². The molecule has 0 heterocycles. The van der Waals surface area contributed by atoms with Crippen LogP contribution in [0.3, 0.4) is 0 Å². The Morgan fingerprint density at radius 1 is 0.950 bits per heavy atom. The average Bonchev–Trinajstić information content (AvgIpc) is 2.44. The van der Waals surface area contributed by atoms with Crippen molar-refractivity contribution in [1.29, 1.82) is 0 Å². The topological polar surface area (TPSA) is 35.2 Å². The number of nitrogen functional groups attached to an aromatic ring is 1. The van der Waals surface area contributed by atoms with Gasteiger partial charge in [-0.05, 0) is 22.9 Å². The van der Waals surface area contributed by atoms with E-state index >= 15 is 0 Å². The number of fused-ring (bicyclic) bond motifs is 1.